The second-order valence-corrected chi connectivity index (χ2v) is 5.93. The Morgan fingerprint density at radius 3 is 2.95 bits per heavy atom. The van der Waals surface area contributed by atoms with Gasteiger partial charge in [-0.15, -0.1) is 22.7 Å². The highest BCUT2D eigenvalue weighted by molar-refractivity contribution is 7.18. The van der Waals surface area contributed by atoms with E-state index in [2.05, 4.69) is 20.3 Å². The van der Waals surface area contributed by atoms with Crippen LogP contribution in [0.25, 0.3) is 10.2 Å². The summed E-state index contributed by atoms with van der Waals surface area (Å²) in [6.45, 7) is 2.45. The van der Waals surface area contributed by atoms with Gasteiger partial charge in [0.1, 0.15) is 17.2 Å². The summed E-state index contributed by atoms with van der Waals surface area (Å²) in [7, 11) is 0. The number of carboxylic acids is 1. The minimum atomic E-state index is -1.01. The van der Waals surface area contributed by atoms with Crippen LogP contribution in [0.5, 0.6) is 0 Å². The molecule has 3 aromatic rings. The molecular weight excluding hydrogens is 296 g/mol. The maximum Gasteiger partial charge on any atom is 0.355 e. The molecule has 0 radical (unpaired) electrons. The fourth-order valence-corrected chi connectivity index (χ4v) is 3.42. The van der Waals surface area contributed by atoms with Gasteiger partial charge in [-0.3, -0.25) is 0 Å². The van der Waals surface area contributed by atoms with E-state index in [1.165, 1.54) is 23.0 Å². The van der Waals surface area contributed by atoms with Gasteiger partial charge in [0.2, 0.25) is 0 Å². The molecule has 0 aliphatic heterocycles. The van der Waals surface area contributed by atoms with E-state index in [1.807, 2.05) is 12.3 Å². The third kappa shape index (κ3) is 2.35. The number of thiophene rings is 1. The second-order valence-electron chi connectivity index (χ2n) is 4.10. The van der Waals surface area contributed by atoms with Crippen LogP contribution in [0.1, 0.15) is 21.1 Å². The Kier molecular flexibility index (Phi) is 3.33. The van der Waals surface area contributed by atoms with Crippen LogP contribution >= 0.6 is 22.7 Å². The fourth-order valence-electron chi connectivity index (χ4n) is 1.74. The predicted molar refractivity (Wildman–Crippen MR) is 78.6 cm³/mol. The zero-order chi connectivity index (χ0) is 14.1. The summed E-state index contributed by atoms with van der Waals surface area (Å²) in [6.07, 6.45) is 1.52. The number of carboxylic acid groups (broad SMARTS) is 1. The van der Waals surface area contributed by atoms with Crippen LogP contribution in [-0.2, 0) is 6.54 Å². The van der Waals surface area contributed by atoms with E-state index < -0.39 is 5.97 Å². The van der Waals surface area contributed by atoms with Crippen molar-refractivity contribution in [2.45, 2.75) is 13.5 Å². The van der Waals surface area contributed by atoms with Crippen molar-refractivity contribution in [2.75, 3.05) is 5.32 Å². The van der Waals surface area contributed by atoms with Gasteiger partial charge < -0.3 is 10.4 Å². The van der Waals surface area contributed by atoms with Gasteiger partial charge in [-0.05, 0) is 17.9 Å². The molecule has 2 N–H and O–H groups in total. The van der Waals surface area contributed by atoms with E-state index in [1.54, 1.807) is 11.3 Å². The van der Waals surface area contributed by atoms with Crippen LogP contribution in [0.3, 0.4) is 0 Å². The van der Waals surface area contributed by atoms with Gasteiger partial charge in [-0.25, -0.2) is 19.7 Å². The van der Waals surface area contributed by atoms with E-state index in [0.29, 0.717) is 11.6 Å². The third-order valence-electron chi connectivity index (χ3n) is 2.71. The number of aromatic carboxylic acids is 1. The maximum absolute atomic E-state index is 10.8. The smallest absolute Gasteiger partial charge is 0.355 e. The Bertz CT molecular complexity index is 781. The quantitative estimate of drug-likeness (QED) is 0.770. The predicted octanol–water partition coefficient (Wildman–Crippen LogP) is 2.77. The van der Waals surface area contributed by atoms with E-state index >= 15 is 0 Å². The molecule has 6 nitrogen and oxygen atoms in total. The lowest BCUT2D eigenvalue weighted by Crippen LogP contribution is -2.03. The summed E-state index contributed by atoms with van der Waals surface area (Å²) in [4.78, 5) is 23.3. The molecule has 8 heteroatoms. The van der Waals surface area contributed by atoms with Crippen LogP contribution < -0.4 is 5.32 Å². The van der Waals surface area contributed by atoms with Crippen molar-refractivity contribution in [3.8, 4) is 0 Å². The number of thiazole rings is 1. The average molecular weight is 306 g/mol. The Hall–Kier alpha value is -2.06. The number of hydrogen-bond donors (Lipinski definition) is 2. The molecule has 0 fully saturated rings. The molecule has 0 unspecified atom stereocenters. The first-order valence-electron chi connectivity index (χ1n) is 5.75. The Balaban J connectivity index is 1.81. The summed E-state index contributed by atoms with van der Waals surface area (Å²) < 4.78 is 1.00. The number of rotatable bonds is 4. The second kappa shape index (κ2) is 5.14. The summed E-state index contributed by atoms with van der Waals surface area (Å²) >= 11 is 2.90. The van der Waals surface area contributed by atoms with Crippen LogP contribution in [0, 0.1) is 6.92 Å². The molecule has 3 aromatic heterocycles. The number of hydrogen-bond acceptors (Lipinski definition) is 7. The molecule has 0 atom stereocenters. The van der Waals surface area contributed by atoms with Gasteiger partial charge in [-0.2, -0.15) is 0 Å². The SMILES string of the molecule is Cc1csc2c(NCc3nc(C(=O)O)cs3)ncnc12. The van der Waals surface area contributed by atoms with E-state index in [0.717, 1.165) is 21.6 Å². The first-order valence-corrected chi connectivity index (χ1v) is 7.51. The minimum absolute atomic E-state index is 0.0756. The van der Waals surface area contributed by atoms with Crippen LogP contribution in [0.4, 0.5) is 5.82 Å². The number of anilines is 1. The molecule has 0 bridgehead atoms. The molecule has 0 spiro atoms. The number of nitrogens with one attached hydrogen (secondary N) is 1. The largest absolute Gasteiger partial charge is 0.476 e. The summed E-state index contributed by atoms with van der Waals surface area (Å²) in [5.41, 5.74) is 2.14. The average Bonchev–Trinajstić information content (AvgIpc) is 3.04. The van der Waals surface area contributed by atoms with E-state index in [4.69, 9.17) is 5.11 Å². The maximum atomic E-state index is 10.8. The lowest BCUT2D eigenvalue weighted by atomic mass is 10.3. The van der Waals surface area contributed by atoms with Crippen molar-refractivity contribution in [1.82, 2.24) is 15.0 Å². The first-order chi connectivity index (χ1) is 9.65. The van der Waals surface area contributed by atoms with Crippen LogP contribution in [-0.4, -0.2) is 26.0 Å². The minimum Gasteiger partial charge on any atom is -0.476 e. The van der Waals surface area contributed by atoms with Crippen molar-refractivity contribution < 1.29 is 9.90 Å². The molecule has 0 saturated heterocycles. The molecule has 0 aromatic carbocycles. The first kappa shape index (κ1) is 12.9. The Morgan fingerprint density at radius 2 is 2.20 bits per heavy atom. The van der Waals surface area contributed by atoms with Crippen LogP contribution in [0.2, 0.25) is 0 Å². The van der Waals surface area contributed by atoms with Crippen molar-refractivity contribution in [1.29, 1.82) is 0 Å². The molecule has 0 aliphatic carbocycles. The summed E-state index contributed by atoms with van der Waals surface area (Å²) in [5, 5.41) is 16.3. The zero-order valence-corrected chi connectivity index (χ0v) is 12.1. The number of nitrogens with zero attached hydrogens (tertiary/aromatic N) is 3. The molecule has 0 saturated carbocycles. The van der Waals surface area contributed by atoms with Crippen LogP contribution in [0.15, 0.2) is 17.1 Å². The number of carbonyl (C=O) groups is 1. The number of fused-ring (bicyclic) bond motifs is 1. The lowest BCUT2D eigenvalue weighted by Gasteiger charge is -2.03. The molecule has 0 aliphatic rings. The number of aromatic nitrogens is 3. The van der Waals surface area contributed by atoms with Gasteiger partial charge in [-0.1, -0.05) is 0 Å². The van der Waals surface area contributed by atoms with E-state index in [-0.39, 0.29) is 5.69 Å². The van der Waals surface area contributed by atoms with Gasteiger partial charge in [0, 0.05) is 5.38 Å². The molecule has 102 valence electrons. The molecule has 3 rings (SSSR count). The highest BCUT2D eigenvalue weighted by atomic mass is 32.1. The van der Waals surface area contributed by atoms with Gasteiger partial charge in [0.25, 0.3) is 0 Å². The van der Waals surface area contributed by atoms with Gasteiger partial charge in [0.15, 0.2) is 5.69 Å². The van der Waals surface area contributed by atoms with Crippen molar-refractivity contribution in [2.24, 2.45) is 0 Å². The van der Waals surface area contributed by atoms with Gasteiger partial charge >= 0.3 is 5.97 Å². The third-order valence-corrected chi connectivity index (χ3v) is 4.65. The topological polar surface area (TPSA) is 88.0 Å². The van der Waals surface area contributed by atoms with Crippen molar-refractivity contribution >= 4 is 44.7 Å². The standard InChI is InChI=1S/C12H10N4O2S2/c1-6-3-20-10-9(6)14-5-15-11(10)13-2-8-16-7(4-19-8)12(17)18/h3-5H,2H2,1H3,(H,17,18)(H,13,14,15). The summed E-state index contributed by atoms with van der Waals surface area (Å²) in [6, 6.07) is 0. The Labute approximate surface area is 122 Å². The Morgan fingerprint density at radius 1 is 1.35 bits per heavy atom. The molecule has 0 amide bonds. The normalized spacial score (nSPS) is 10.8. The number of aryl methyl sites for hydroxylation is 1. The summed E-state index contributed by atoms with van der Waals surface area (Å²) in [5.74, 6) is -0.258. The van der Waals surface area contributed by atoms with E-state index in [9.17, 15) is 4.79 Å². The molecular formula is C12H10N4O2S2. The lowest BCUT2D eigenvalue weighted by molar-refractivity contribution is 0.0691. The fraction of sp³-hybridized carbons (Fsp3) is 0.167. The van der Waals surface area contributed by atoms with Crippen molar-refractivity contribution in [3.05, 3.63) is 33.4 Å². The zero-order valence-electron chi connectivity index (χ0n) is 10.5. The molecule has 20 heavy (non-hydrogen) atoms. The molecule has 3 heterocycles. The highest BCUT2D eigenvalue weighted by Gasteiger charge is 2.11. The monoisotopic (exact) mass is 306 g/mol. The highest BCUT2D eigenvalue weighted by Crippen LogP contribution is 2.28. The van der Waals surface area contributed by atoms with Gasteiger partial charge in [0.05, 0.1) is 16.8 Å². The van der Waals surface area contributed by atoms with Crippen molar-refractivity contribution in [3.63, 3.8) is 0 Å².